The zero-order valence-electron chi connectivity index (χ0n) is 13.2. The zero-order chi connectivity index (χ0) is 13.5. The van der Waals surface area contributed by atoms with Crippen LogP contribution in [-0.2, 0) is 0 Å². The van der Waals surface area contributed by atoms with E-state index in [2.05, 4.69) is 30.6 Å². The highest BCUT2D eigenvalue weighted by Gasteiger charge is 2.48. The van der Waals surface area contributed by atoms with Gasteiger partial charge in [0.2, 0.25) is 0 Å². The maximum absolute atomic E-state index is 2.97. The van der Waals surface area contributed by atoms with Crippen LogP contribution in [0.15, 0.2) is 0 Å². The minimum Gasteiger partial charge on any atom is -0.298 e. The van der Waals surface area contributed by atoms with E-state index in [1.165, 1.54) is 64.6 Å². The fourth-order valence-corrected chi connectivity index (χ4v) is 4.75. The molecule has 2 unspecified atom stereocenters. The first-order valence-corrected chi connectivity index (χ1v) is 8.67. The van der Waals surface area contributed by atoms with Gasteiger partial charge in [0.05, 0.1) is 0 Å². The number of fused-ring (bicyclic) bond motifs is 1. The summed E-state index contributed by atoms with van der Waals surface area (Å²) in [6, 6.07) is 1.67. The molecule has 3 aliphatic rings. The normalized spacial score (nSPS) is 36.0. The Hall–Kier alpha value is -0.0800. The van der Waals surface area contributed by atoms with E-state index in [1.807, 2.05) is 0 Å². The van der Waals surface area contributed by atoms with Crippen molar-refractivity contribution in [3.05, 3.63) is 0 Å². The molecule has 0 aromatic rings. The van der Waals surface area contributed by atoms with E-state index in [0.29, 0.717) is 5.54 Å². The molecule has 0 radical (unpaired) electrons. The molecule has 110 valence electrons. The minimum atomic E-state index is 0.582. The lowest BCUT2D eigenvalue weighted by Crippen LogP contribution is -2.68. The summed E-state index contributed by atoms with van der Waals surface area (Å²) in [7, 11) is 0. The van der Waals surface area contributed by atoms with Gasteiger partial charge in [0, 0.05) is 30.7 Å². The van der Waals surface area contributed by atoms with Crippen LogP contribution in [0.5, 0.6) is 0 Å². The van der Waals surface area contributed by atoms with E-state index in [4.69, 9.17) is 0 Å². The average Bonchev–Trinajstić information content (AvgIpc) is 2.37. The fraction of sp³-hybridized carbons (Fsp3) is 1.00. The van der Waals surface area contributed by atoms with Gasteiger partial charge >= 0.3 is 0 Å². The van der Waals surface area contributed by atoms with E-state index in [-0.39, 0.29) is 0 Å². The van der Waals surface area contributed by atoms with Crippen molar-refractivity contribution in [1.29, 1.82) is 0 Å². The van der Waals surface area contributed by atoms with Crippen LogP contribution in [0.4, 0.5) is 0 Å². The predicted molar refractivity (Wildman–Crippen MR) is 81.4 cm³/mol. The fourth-order valence-electron chi connectivity index (χ4n) is 4.75. The van der Waals surface area contributed by atoms with E-state index < -0.39 is 0 Å². The van der Waals surface area contributed by atoms with Gasteiger partial charge < -0.3 is 0 Å². The van der Waals surface area contributed by atoms with Crippen molar-refractivity contribution in [1.82, 2.24) is 9.80 Å². The van der Waals surface area contributed by atoms with Gasteiger partial charge in [-0.25, -0.2) is 0 Å². The van der Waals surface area contributed by atoms with Crippen molar-refractivity contribution in [2.75, 3.05) is 19.6 Å². The number of piperazine rings is 1. The topological polar surface area (TPSA) is 6.48 Å². The minimum absolute atomic E-state index is 0.582. The summed E-state index contributed by atoms with van der Waals surface area (Å²) in [5.74, 6) is 0.798. The van der Waals surface area contributed by atoms with Crippen LogP contribution in [-0.4, -0.2) is 47.1 Å². The van der Waals surface area contributed by atoms with Crippen molar-refractivity contribution in [2.24, 2.45) is 5.92 Å². The lowest BCUT2D eigenvalue weighted by atomic mass is 9.71. The van der Waals surface area contributed by atoms with Gasteiger partial charge in [0.1, 0.15) is 0 Å². The second-order valence-corrected chi connectivity index (χ2v) is 7.54. The predicted octanol–water partition coefficient (Wildman–Crippen LogP) is 3.51. The third-order valence-corrected chi connectivity index (χ3v) is 6.30. The Balaban J connectivity index is 1.79. The molecule has 0 bridgehead atoms. The summed E-state index contributed by atoms with van der Waals surface area (Å²) in [6.07, 6.45) is 10.1. The van der Waals surface area contributed by atoms with Crippen LogP contribution in [0, 0.1) is 5.92 Å². The molecular formula is C17H32N2. The lowest BCUT2D eigenvalue weighted by molar-refractivity contribution is -0.0984. The first-order chi connectivity index (χ1) is 9.16. The highest BCUT2D eigenvalue weighted by molar-refractivity contribution is 5.04. The third kappa shape index (κ3) is 2.35. The molecule has 3 rings (SSSR count). The molecule has 2 saturated heterocycles. The number of hydrogen-bond donors (Lipinski definition) is 0. The second kappa shape index (κ2) is 5.37. The first-order valence-electron chi connectivity index (χ1n) is 8.67. The Kier molecular flexibility index (Phi) is 3.92. The van der Waals surface area contributed by atoms with Gasteiger partial charge in [-0.2, -0.15) is 0 Å². The quantitative estimate of drug-likeness (QED) is 0.769. The third-order valence-electron chi connectivity index (χ3n) is 6.30. The van der Waals surface area contributed by atoms with E-state index in [9.17, 15) is 0 Å². The number of hydrogen-bond acceptors (Lipinski definition) is 2. The van der Waals surface area contributed by atoms with Crippen molar-refractivity contribution in [2.45, 2.75) is 83.3 Å². The molecule has 19 heavy (non-hydrogen) atoms. The molecule has 1 aliphatic carbocycles. The zero-order valence-corrected chi connectivity index (χ0v) is 13.2. The van der Waals surface area contributed by atoms with Gasteiger partial charge in [-0.1, -0.05) is 27.2 Å². The Morgan fingerprint density at radius 1 is 1.11 bits per heavy atom. The van der Waals surface area contributed by atoms with Gasteiger partial charge in [-0.15, -0.1) is 0 Å². The second-order valence-electron chi connectivity index (χ2n) is 7.54. The van der Waals surface area contributed by atoms with Crippen LogP contribution >= 0.6 is 0 Å². The van der Waals surface area contributed by atoms with Crippen LogP contribution in [0.2, 0.25) is 0 Å². The molecule has 2 atom stereocenters. The van der Waals surface area contributed by atoms with Crippen LogP contribution in [0.3, 0.4) is 0 Å². The molecule has 1 saturated carbocycles. The van der Waals surface area contributed by atoms with Crippen LogP contribution in [0.25, 0.3) is 0 Å². The largest absolute Gasteiger partial charge is 0.298 e. The molecule has 0 amide bonds. The Bertz CT molecular complexity index is 303. The van der Waals surface area contributed by atoms with Gasteiger partial charge in [-0.05, 0) is 51.0 Å². The standard InChI is InChI=1S/C17H32N2/c1-4-17(9-7-10-17)19-12-15-8-5-6-11-18(15)13-16(19)14(2)3/h14-16H,4-13H2,1-3H3. The molecule has 2 nitrogen and oxygen atoms in total. The Labute approximate surface area is 119 Å². The summed E-state index contributed by atoms with van der Waals surface area (Å²) in [4.78, 5) is 5.78. The van der Waals surface area contributed by atoms with Crippen molar-refractivity contribution < 1.29 is 0 Å². The summed E-state index contributed by atoms with van der Waals surface area (Å²) in [5, 5.41) is 0. The van der Waals surface area contributed by atoms with Gasteiger partial charge in [-0.3, -0.25) is 9.80 Å². The van der Waals surface area contributed by atoms with Crippen LogP contribution < -0.4 is 0 Å². The highest BCUT2D eigenvalue weighted by Crippen LogP contribution is 2.44. The van der Waals surface area contributed by atoms with Crippen molar-refractivity contribution in [3.8, 4) is 0 Å². The number of rotatable bonds is 3. The Morgan fingerprint density at radius 3 is 2.47 bits per heavy atom. The molecule has 3 fully saturated rings. The first kappa shape index (κ1) is 13.9. The van der Waals surface area contributed by atoms with Crippen molar-refractivity contribution >= 4 is 0 Å². The number of piperidine rings is 1. The lowest BCUT2D eigenvalue weighted by Gasteiger charge is -2.60. The molecule has 0 aromatic heterocycles. The average molecular weight is 264 g/mol. The van der Waals surface area contributed by atoms with E-state index >= 15 is 0 Å². The summed E-state index contributed by atoms with van der Waals surface area (Å²) >= 11 is 0. The Morgan fingerprint density at radius 2 is 1.89 bits per heavy atom. The van der Waals surface area contributed by atoms with E-state index in [1.54, 1.807) is 0 Å². The van der Waals surface area contributed by atoms with Crippen LogP contribution in [0.1, 0.15) is 65.7 Å². The van der Waals surface area contributed by atoms with E-state index in [0.717, 1.165) is 18.0 Å². The molecule has 2 heteroatoms. The number of nitrogens with zero attached hydrogens (tertiary/aromatic N) is 2. The van der Waals surface area contributed by atoms with Gasteiger partial charge in [0.25, 0.3) is 0 Å². The van der Waals surface area contributed by atoms with Crippen molar-refractivity contribution in [3.63, 3.8) is 0 Å². The summed E-state index contributed by atoms with van der Waals surface area (Å²) in [5.41, 5.74) is 0.582. The molecule has 2 heterocycles. The summed E-state index contributed by atoms with van der Waals surface area (Å²) in [6.45, 7) is 11.3. The summed E-state index contributed by atoms with van der Waals surface area (Å²) < 4.78 is 0. The molecule has 0 spiro atoms. The molecule has 0 aromatic carbocycles. The van der Waals surface area contributed by atoms with Gasteiger partial charge in [0.15, 0.2) is 0 Å². The SMILES string of the molecule is CCC1(N2CC3CCCCN3CC2C(C)C)CCC1. The smallest absolute Gasteiger partial charge is 0.0252 e. The maximum Gasteiger partial charge on any atom is 0.0252 e. The molecule has 2 aliphatic heterocycles. The highest BCUT2D eigenvalue weighted by atomic mass is 15.3. The molecule has 0 N–H and O–H groups in total. The maximum atomic E-state index is 2.97. The monoisotopic (exact) mass is 264 g/mol. The molecular weight excluding hydrogens is 232 g/mol.